The fraction of sp³-hybridized carbons (Fsp3) is 0.500. The largest absolute Gasteiger partial charge is 0.396 e. The van der Waals surface area contributed by atoms with Gasteiger partial charge < -0.3 is 5.11 Å². The SMILES string of the molecule is Cc1nc2scc(C)n2c1C(C#N)NCCCO. The summed E-state index contributed by atoms with van der Waals surface area (Å²) in [5.41, 5.74) is 2.88. The first kappa shape index (κ1) is 13.0. The van der Waals surface area contributed by atoms with Crippen LogP contribution in [0.25, 0.3) is 4.96 Å². The fourth-order valence-corrected chi connectivity index (χ4v) is 2.91. The number of aromatic nitrogens is 2. The Balaban J connectivity index is 2.35. The number of thiazole rings is 1. The number of nitrogens with one attached hydrogen (secondary N) is 1. The molecule has 0 amide bonds. The molecule has 0 fully saturated rings. The van der Waals surface area contributed by atoms with E-state index in [1.54, 1.807) is 11.3 Å². The van der Waals surface area contributed by atoms with Gasteiger partial charge in [-0.25, -0.2) is 4.98 Å². The smallest absolute Gasteiger partial charge is 0.194 e. The van der Waals surface area contributed by atoms with Crippen LogP contribution in [0.5, 0.6) is 0 Å². The van der Waals surface area contributed by atoms with Crippen molar-refractivity contribution in [2.24, 2.45) is 0 Å². The van der Waals surface area contributed by atoms with E-state index in [-0.39, 0.29) is 12.6 Å². The predicted molar refractivity (Wildman–Crippen MR) is 70.6 cm³/mol. The molecule has 6 heteroatoms. The molecule has 2 aromatic heterocycles. The Morgan fingerprint density at radius 2 is 2.39 bits per heavy atom. The number of rotatable bonds is 5. The quantitative estimate of drug-likeness (QED) is 0.804. The topological polar surface area (TPSA) is 73.4 Å². The molecule has 0 aliphatic carbocycles. The summed E-state index contributed by atoms with van der Waals surface area (Å²) in [5.74, 6) is 0. The van der Waals surface area contributed by atoms with Crippen LogP contribution in [0.15, 0.2) is 5.38 Å². The van der Waals surface area contributed by atoms with Crippen molar-refractivity contribution in [1.29, 1.82) is 5.26 Å². The van der Waals surface area contributed by atoms with Crippen molar-refractivity contribution in [2.75, 3.05) is 13.2 Å². The van der Waals surface area contributed by atoms with E-state index in [2.05, 4.69) is 16.4 Å². The highest BCUT2D eigenvalue weighted by Gasteiger charge is 2.20. The van der Waals surface area contributed by atoms with Crippen LogP contribution < -0.4 is 5.32 Å². The summed E-state index contributed by atoms with van der Waals surface area (Å²) in [6.45, 7) is 4.68. The summed E-state index contributed by atoms with van der Waals surface area (Å²) in [6.07, 6.45) is 0.641. The maximum absolute atomic E-state index is 9.30. The van der Waals surface area contributed by atoms with Crippen molar-refractivity contribution in [1.82, 2.24) is 14.7 Å². The monoisotopic (exact) mass is 264 g/mol. The molecule has 2 heterocycles. The summed E-state index contributed by atoms with van der Waals surface area (Å²) in [6, 6.07) is 1.88. The standard InChI is InChI=1S/C12H16N4OS/c1-8-7-18-12-15-9(2)11(16(8)12)10(6-13)14-4-3-5-17/h7,10,14,17H,3-5H2,1-2H3. The molecule has 1 atom stereocenters. The van der Waals surface area contributed by atoms with Crippen LogP contribution in [-0.4, -0.2) is 27.6 Å². The van der Waals surface area contributed by atoms with Crippen LogP contribution in [0.4, 0.5) is 0 Å². The Bertz CT molecular complexity index is 581. The zero-order chi connectivity index (χ0) is 13.1. The zero-order valence-electron chi connectivity index (χ0n) is 10.5. The molecule has 18 heavy (non-hydrogen) atoms. The van der Waals surface area contributed by atoms with E-state index in [0.717, 1.165) is 22.0 Å². The van der Waals surface area contributed by atoms with Gasteiger partial charge in [0.15, 0.2) is 4.96 Å². The van der Waals surface area contributed by atoms with Crippen molar-refractivity contribution in [2.45, 2.75) is 26.3 Å². The molecule has 5 nitrogen and oxygen atoms in total. The van der Waals surface area contributed by atoms with Crippen molar-refractivity contribution in [3.8, 4) is 6.07 Å². The number of nitriles is 1. The van der Waals surface area contributed by atoms with E-state index in [0.29, 0.717) is 13.0 Å². The van der Waals surface area contributed by atoms with Gasteiger partial charge in [-0.05, 0) is 26.8 Å². The third-order valence-corrected chi connectivity index (χ3v) is 3.78. The number of fused-ring (bicyclic) bond motifs is 1. The first-order valence-corrected chi connectivity index (χ1v) is 6.74. The summed E-state index contributed by atoms with van der Waals surface area (Å²) in [5, 5.41) is 23.3. The molecule has 0 radical (unpaired) electrons. The molecule has 0 aliphatic rings. The van der Waals surface area contributed by atoms with E-state index in [1.807, 2.05) is 23.6 Å². The minimum atomic E-state index is -0.389. The second-order valence-corrected chi connectivity index (χ2v) is 5.01. The van der Waals surface area contributed by atoms with Gasteiger partial charge >= 0.3 is 0 Å². The first-order valence-electron chi connectivity index (χ1n) is 5.86. The summed E-state index contributed by atoms with van der Waals surface area (Å²) in [7, 11) is 0. The van der Waals surface area contributed by atoms with Gasteiger partial charge in [0.25, 0.3) is 0 Å². The Morgan fingerprint density at radius 3 is 3.06 bits per heavy atom. The van der Waals surface area contributed by atoms with Gasteiger partial charge in [0.2, 0.25) is 0 Å². The highest BCUT2D eigenvalue weighted by atomic mass is 32.1. The molecule has 0 spiro atoms. The number of imidazole rings is 1. The van der Waals surface area contributed by atoms with Gasteiger partial charge in [-0.2, -0.15) is 5.26 Å². The molecule has 1 unspecified atom stereocenters. The van der Waals surface area contributed by atoms with Crippen LogP contribution in [0.1, 0.15) is 29.5 Å². The van der Waals surface area contributed by atoms with Crippen molar-refractivity contribution in [3.05, 3.63) is 22.5 Å². The summed E-state index contributed by atoms with van der Waals surface area (Å²) in [4.78, 5) is 5.39. The van der Waals surface area contributed by atoms with Crippen LogP contribution >= 0.6 is 11.3 Å². The van der Waals surface area contributed by atoms with E-state index in [9.17, 15) is 5.26 Å². The number of aliphatic hydroxyl groups is 1. The Labute approximate surface area is 110 Å². The van der Waals surface area contributed by atoms with Gasteiger partial charge in [0, 0.05) is 17.7 Å². The van der Waals surface area contributed by atoms with Crippen molar-refractivity contribution in [3.63, 3.8) is 0 Å². The van der Waals surface area contributed by atoms with Crippen LogP contribution in [-0.2, 0) is 0 Å². The number of aryl methyl sites for hydroxylation is 2. The number of hydrogen-bond acceptors (Lipinski definition) is 5. The lowest BCUT2D eigenvalue weighted by atomic mass is 10.2. The number of aliphatic hydroxyl groups excluding tert-OH is 1. The number of hydrogen-bond donors (Lipinski definition) is 2. The lowest BCUT2D eigenvalue weighted by Gasteiger charge is -2.12. The van der Waals surface area contributed by atoms with Gasteiger partial charge in [0.1, 0.15) is 6.04 Å². The highest BCUT2D eigenvalue weighted by Crippen LogP contribution is 2.24. The zero-order valence-corrected chi connectivity index (χ0v) is 11.3. The first-order chi connectivity index (χ1) is 8.69. The van der Waals surface area contributed by atoms with Gasteiger partial charge in [-0.3, -0.25) is 9.72 Å². The molecule has 0 saturated heterocycles. The van der Waals surface area contributed by atoms with Gasteiger partial charge in [0.05, 0.1) is 17.5 Å². The molecule has 0 bridgehead atoms. The van der Waals surface area contributed by atoms with Gasteiger partial charge in [-0.15, -0.1) is 11.3 Å². The van der Waals surface area contributed by atoms with E-state index in [4.69, 9.17) is 5.11 Å². The number of nitrogens with zero attached hydrogens (tertiary/aromatic N) is 3. The van der Waals surface area contributed by atoms with E-state index < -0.39 is 0 Å². The second kappa shape index (κ2) is 5.48. The molecule has 2 N–H and O–H groups in total. The molecule has 2 rings (SSSR count). The minimum absolute atomic E-state index is 0.128. The molecule has 0 saturated carbocycles. The van der Waals surface area contributed by atoms with Crippen molar-refractivity contribution >= 4 is 16.3 Å². The summed E-state index contributed by atoms with van der Waals surface area (Å²) >= 11 is 1.58. The third kappa shape index (κ3) is 2.25. The maximum atomic E-state index is 9.30. The molecule has 96 valence electrons. The molecular formula is C12H16N4OS. The Kier molecular flexibility index (Phi) is 3.97. The van der Waals surface area contributed by atoms with E-state index >= 15 is 0 Å². The lowest BCUT2D eigenvalue weighted by Crippen LogP contribution is -2.23. The van der Waals surface area contributed by atoms with Crippen LogP contribution in [0, 0.1) is 25.2 Å². The molecular weight excluding hydrogens is 248 g/mol. The Morgan fingerprint density at radius 1 is 1.61 bits per heavy atom. The lowest BCUT2D eigenvalue weighted by molar-refractivity contribution is 0.285. The van der Waals surface area contributed by atoms with E-state index in [1.165, 1.54) is 0 Å². The average molecular weight is 264 g/mol. The fourth-order valence-electron chi connectivity index (χ4n) is 1.99. The minimum Gasteiger partial charge on any atom is -0.396 e. The molecule has 2 aromatic rings. The van der Waals surface area contributed by atoms with Crippen molar-refractivity contribution < 1.29 is 5.11 Å². The second-order valence-electron chi connectivity index (χ2n) is 4.17. The van der Waals surface area contributed by atoms with Crippen LogP contribution in [0.2, 0.25) is 0 Å². The highest BCUT2D eigenvalue weighted by molar-refractivity contribution is 7.15. The molecule has 0 aromatic carbocycles. The maximum Gasteiger partial charge on any atom is 0.194 e. The summed E-state index contributed by atoms with van der Waals surface area (Å²) < 4.78 is 2.03. The predicted octanol–water partition coefficient (Wildman–Crippen LogP) is 1.55. The van der Waals surface area contributed by atoms with Crippen LogP contribution in [0.3, 0.4) is 0 Å². The molecule has 0 aliphatic heterocycles. The Hall–Kier alpha value is -1.42. The third-order valence-electron chi connectivity index (χ3n) is 2.84. The normalized spacial score (nSPS) is 12.8. The average Bonchev–Trinajstić information content (AvgIpc) is 2.86. The van der Waals surface area contributed by atoms with Gasteiger partial charge in [-0.1, -0.05) is 0 Å².